The summed E-state index contributed by atoms with van der Waals surface area (Å²) < 4.78 is 32.2. The lowest BCUT2D eigenvalue weighted by atomic mass is 10.3. The molecule has 0 bridgehead atoms. The van der Waals surface area contributed by atoms with E-state index >= 15 is 0 Å². The number of nitrogens with zero attached hydrogens (tertiary/aromatic N) is 3. The molecule has 144 valence electrons. The van der Waals surface area contributed by atoms with Crippen molar-refractivity contribution in [2.24, 2.45) is 5.10 Å². The third kappa shape index (κ3) is 5.12. The van der Waals surface area contributed by atoms with Gasteiger partial charge in [0.05, 0.1) is 30.5 Å². The zero-order valence-electron chi connectivity index (χ0n) is 14.8. The zero-order valence-corrected chi connectivity index (χ0v) is 15.6. The van der Waals surface area contributed by atoms with E-state index < -0.39 is 22.5 Å². The Morgan fingerprint density at radius 1 is 1.11 bits per heavy atom. The molecule has 2 aromatic heterocycles. The van der Waals surface area contributed by atoms with Crippen LogP contribution in [0.5, 0.6) is 0 Å². The number of rotatable bonds is 8. The second-order valence-electron chi connectivity index (χ2n) is 5.74. The first kappa shape index (κ1) is 19.5. The van der Waals surface area contributed by atoms with Crippen LogP contribution in [-0.2, 0) is 21.4 Å². The van der Waals surface area contributed by atoms with Crippen molar-refractivity contribution in [2.45, 2.75) is 11.4 Å². The topological polar surface area (TPSA) is 105 Å². The van der Waals surface area contributed by atoms with Gasteiger partial charge in [-0.25, -0.2) is 13.8 Å². The van der Waals surface area contributed by atoms with Gasteiger partial charge in [0.1, 0.15) is 5.76 Å². The molecule has 1 aromatic carbocycles. The zero-order chi connectivity index (χ0) is 19.8. The standard InChI is InChI=1S/C19H18N4O4S/c24-19(22-21-13-16-8-10-20-11-9-16)15-23(14-17-5-4-12-27-17)28(25,26)18-6-2-1-3-7-18/h1-13H,14-15H2,(H,22,24)/b21-13+. The molecule has 0 aliphatic rings. The number of sulfonamides is 1. The van der Waals surface area contributed by atoms with Gasteiger partial charge >= 0.3 is 0 Å². The third-order valence-corrected chi connectivity index (χ3v) is 5.53. The average Bonchev–Trinajstić information content (AvgIpc) is 3.22. The first-order chi connectivity index (χ1) is 13.6. The molecular formula is C19H18N4O4S. The number of carbonyl (C=O) groups excluding carboxylic acids is 1. The van der Waals surface area contributed by atoms with Crippen LogP contribution in [0.25, 0.3) is 0 Å². The number of nitrogens with one attached hydrogen (secondary N) is 1. The Morgan fingerprint density at radius 3 is 2.54 bits per heavy atom. The molecule has 28 heavy (non-hydrogen) atoms. The second kappa shape index (κ2) is 9.07. The molecule has 1 N–H and O–H groups in total. The monoisotopic (exact) mass is 398 g/mol. The van der Waals surface area contributed by atoms with Gasteiger partial charge in [-0.15, -0.1) is 0 Å². The molecule has 0 radical (unpaired) electrons. The maximum absolute atomic E-state index is 12.9. The summed E-state index contributed by atoms with van der Waals surface area (Å²) in [7, 11) is -3.90. The molecule has 0 saturated heterocycles. The number of amides is 1. The number of hydrazone groups is 1. The van der Waals surface area contributed by atoms with Gasteiger partial charge in [-0.2, -0.15) is 9.41 Å². The van der Waals surface area contributed by atoms with E-state index in [0.717, 1.165) is 9.87 Å². The predicted octanol–water partition coefficient (Wildman–Crippen LogP) is 2.02. The van der Waals surface area contributed by atoms with E-state index in [2.05, 4.69) is 15.5 Å². The smallest absolute Gasteiger partial charge is 0.255 e. The Morgan fingerprint density at radius 2 is 1.86 bits per heavy atom. The average molecular weight is 398 g/mol. The van der Waals surface area contributed by atoms with Crippen molar-refractivity contribution in [1.29, 1.82) is 0 Å². The summed E-state index contributed by atoms with van der Waals surface area (Å²) in [6.45, 7) is -0.489. The van der Waals surface area contributed by atoms with E-state index in [4.69, 9.17) is 4.42 Å². The number of carbonyl (C=O) groups is 1. The fourth-order valence-electron chi connectivity index (χ4n) is 2.37. The predicted molar refractivity (Wildman–Crippen MR) is 103 cm³/mol. The first-order valence-corrected chi connectivity index (χ1v) is 9.79. The molecule has 0 fully saturated rings. The Kier molecular flexibility index (Phi) is 6.30. The molecule has 1 amide bonds. The normalized spacial score (nSPS) is 11.8. The van der Waals surface area contributed by atoms with Gasteiger partial charge in [-0.3, -0.25) is 9.78 Å². The third-order valence-electron chi connectivity index (χ3n) is 3.72. The summed E-state index contributed by atoms with van der Waals surface area (Å²) in [5, 5.41) is 3.85. The van der Waals surface area contributed by atoms with Crippen LogP contribution in [0.1, 0.15) is 11.3 Å². The maximum atomic E-state index is 12.9. The van der Waals surface area contributed by atoms with Crippen LogP contribution in [0, 0.1) is 0 Å². The number of hydrogen-bond acceptors (Lipinski definition) is 6. The molecule has 3 aromatic rings. The Labute approximate surface area is 162 Å². The van der Waals surface area contributed by atoms with Crippen molar-refractivity contribution < 1.29 is 17.6 Å². The molecule has 0 aliphatic carbocycles. The quantitative estimate of drug-likeness (QED) is 0.462. The fraction of sp³-hybridized carbons (Fsp3) is 0.105. The number of pyridine rings is 1. The van der Waals surface area contributed by atoms with Gasteiger partial charge in [0.2, 0.25) is 10.0 Å². The summed E-state index contributed by atoms with van der Waals surface area (Å²) in [6.07, 6.45) is 6.09. The van der Waals surface area contributed by atoms with Crippen molar-refractivity contribution >= 4 is 22.1 Å². The minimum Gasteiger partial charge on any atom is -0.468 e. The Balaban J connectivity index is 1.73. The van der Waals surface area contributed by atoms with E-state index in [0.29, 0.717) is 5.76 Å². The van der Waals surface area contributed by atoms with Gasteiger partial charge in [-0.1, -0.05) is 18.2 Å². The highest BCUT2D eigenvalue weighted by atomic mass is 32.2. The highest BCUT2D eigenvalue weighted by Gasteiger charge is 2.27. The van der Waals surface area contributed by atoms with Gasteiger partial charge < -0.3 is 4.42 Å². The van der Waals surface area contributed by atoms with Crippen LogP contribution in [0.15, 0.2) is 87.7 Å². The Hall–Kier alpha value is -3.30. The lowest BCUT2D eigenvalue weighted by Crippen LogP contribution is -2.38. The molecule has 0 spiro atoms. The molecule has 2 heterocycles. The lowest BCUT2D eigenvalue weighted by Gasteiger charge is -2.20. The van der Waals surface area contributed by atoms with E-state index in [1.165, 1.54) is 24.6 Å². The molecule has 9 heteroatoms. The van der Waals surface area contributed by atoms with E-state index in [1.54, 1.807) is 54.9 Å². The molecule has 3 rings (SSSR count). The summed E-state index contributed by atoms with van der Waals surface area (Å²) in [5.41, 5.74) is 3.09. The molecular weight excluding hydrogens is 380 g/mol. The molecule has 0 aliphatic heterocycles. The summed E-state index contributed by atoms with van der Waals surface area (Å²) >= 11 is 0. The number of aromatic nitrogens is 1. The van der Waals surface area contributed by atoms with Crippen LogP contribution in [-0.4, -0.2) is 36.4 Å². The number of furan rings is 1. The lowest BCUT2D eigenvalue weighted by molar-refractivity contribution is -0.121. The summed E-state index contributed by atoms with van der Waals surface area (Å²) in [5.74, 6) is -0.149. The van der Waals surface area contributed by atoms with Gasteiger partial charge in [0.25, 0.3) is 5.91 Å². The molecule has 0 unspecified atom stereocenters. The van der Waals surface area contributed by atoms with Gasteiger partial charge in [0.15, 0.2) is 0 Å². The van der Waals surface area contributed by atoms with E-state index in [1.807, 2.05) is 0 Å². The highest BCUT2D eigenvalue weighted by molar-refractivity contribution is 7.89. The van der Waals surface area contributed by atoms with Crippen molar-refractivity contribution in [3.05, 3.63) is 84.6 Å². The van der Waals surface area contributed by atoms with Gasteiger partial charge in [0, 0.05) is 12.4 Å². The van der Waals surface area contributed by atoms with Crippen LogP contribution >= 0.6 is 0 Å². The van der Waals surface area contributed by atoms with Crippen LogP contribution in [0.4, 0.5) is 0 Å². The summed E-state index contributed by atoms with van der Waals surface area (Å²) in [4.78, 5) is 16.3. The van der Waals surface area contributed by atoms with E-state index in [9.17, 15) is 13.2 Å². The van der Waals surface area contributed by atoms with E-state index in [-0.39, 0.29) is 11.4 Å². The number of benzene rings is 1. The van der Waals surface area contributed by atoms with Crippen molar-refractivity contribution in [2.75, 3.05) is 6.54 Å². The van der Waals surface area contributed by atoms with Crippen LogP contribution in [0.3, 0.4) is 0 Å². The highest BCUT2D eigenvalue weighted by Crippen LogP contribution is 2.18. The number of hydrogen-bond donors (Lipinski definition) is 1. The van der Waals surface area contributed by atoms with Crippen molar-refractivity contribution in [3.63, 3.8) is 0 Å². The van der Waals surface area contributed by atoms with Crippen molar-refractivity contribution in [1.82, 2.24) is 14.7 Å². The van der Waals surface area contributed by atoms with Crippen LogP contribution < -0.4 is 5.43 Å². The fourth-order valence-corrected chi connectivity index (χ4v) is 3.75. The maximum Gasteiger partial charge on any atom is 0.255 e. The molecule has 0 saturated carbocycles. The largest absolute Gasteiger partial charge is 0.468 e. The van der Waals surface area contributed by atoms with Crippen LogP contribution in [0.2, 0.25) is 0 Å². The minimum atomic E-state index is -3.90. The molecule has 0 atom stereocenters. The minimum absolute atomic E-state index is 0.0777. The SMILES string of the molecule is O=C(CN(Cc1ccco1)S(=O)(=O)c1ccccc1)N/N=C/c1ccncc1. The summed E-state index contributed by atoms with van der Waals surface area (Å²) in [6, 6.07) is 14.7. The van der Waals surface area contributed by atoms with Gasteiger partial charge in [-0.05, 0) is 42.0 Å². The molecule has 8 nitrogen and oxygen atoms in total. The first-order valence-electron chi connectivity index (χ1n) is 8.35. The van der Waals surface area contributed by atoms with Crippen molar-refractivity contribution in [3.8, 4) is 0 Å². The second-order valence-corrected chi connectivity index (χ2v) is 7.68. The Bertz CT molecular complexity index is 1020.